The van der Waals surface area contributed by atoms with Gasteiger partial charge in [-0.15, -0.1) is 0 Å². The number of likely N-dealkylation sites (N-methyl/N-ethyl adjacent to an activating group) is 1. The van der Waals surface area contributed by atoms with Crippen LogP contribution in [-0.2, 0) is 18.9 Å². The van der Waals surface area contributed by atoms with Crippen molar-refractivity contribution in [2.24, 2.45) is 0 Å². The Bertz CT molecular complexity index is 1340. The molecule has 1 amide bonds. The third-order valence-corrected chi connectivity index (χ3v) is 6.93. The van der Waals surface area contributed by atoms with Gasteiger partial charge in [-0.2, -0.15) is 26.3 Å². The SMILES string of the molecule is CN1CCN(c2ncc(OC(=O)N(C)Cc3cc(C(F)(F)F)cc(C(F)(F)F)c3)c(-c3ccccc3Br)n2)CC1. The summed E-state index contributed by atoms with van der Waals surface area (Å²) in [5.41, 5.74) is -2.42. The van der Waals surface area contributed by atoms with Gasteiger partial charge in [0, 0.05) is 49.8 Å². The van der Waals surface area contributed by atoms with Crippen molar-refractivity contribution in [3.05, 3.63) is 69.8 Å². The molecule has 1 aromatic heterocycles. The second kappa shape index (κ2) is 11.6. The number of carbonyl (C=O) groups is 1. The zero-order valence-electron chi connectivity index (χ0n) is 21.4. The van der Waals surface area contributed by atoms with Gasteiger partial charge in [-0.3, -0.25) is 0 Å². The molecule has 0 N–H and O–H groups in total. The van der Waals surface area contributed by atoms with Gasteiger partial charge in [0.15, 0.2) is 5.75 Å². The van der Waals surface area contributed by atoms with Crippen molar-refractivity contribution in [2.75, 3.05) is 45.2 Å². The van der Waals surface area contributed by atoms with Crippen LogP contribution in [0.25, 0.3) is 11.3 Å². The fraction of sp³-hybridized carbons (Fsp3) is 0.346. The number of ether oxygens (including phenoxy) is 1. The van der Waals surface area contributed by atoms with Crippen molar-refractivity contribution in [3.8, 4) is 17.0 Å². The average Bonchev–Trinajstić information content (AvgIpc) is 2.88. The Balaban J connectivity index is 1.61. The Kier molecular flexibility index (Phi) is 8.59. The van der Waals surface area contributed by atoms with E-state index in [2.05, 4.69) is 30.8 Å². The summed E-state index contributed by atoms with van der Waals surface area (Å²) >= 11 is 3.47. The highest BCUT2D eigenvalue weighted by atomic mass is 79.9. The second-order valence-electron chi connectivity index (χ2n) is 9.29. The molecule has 0 radical (unpaired) electrons. The fourth-order valence-electron chi connectivity index (χ4n) is 4.06. The van der Waals surface area contributed by atoms with Crippen LogP contribution in [0.5, 0.6) is 5.75 Å². The van der Waals surface area contributed by atoms with Gasteiger partial charge in [-0.1, -0.05) is 34.1 Å². The molecule has 0 aliphatic carbocycles. The molecule has 40 heavy (non-hydrogen) atoms. The number of hydrogen-bond acceptors (Lipinski definition) is 6. The average molecular weight is 632 g/mol. The topological polar surface area (TPSA) is 61.8 Å². The fourth-order valence-corrected chi connectivity index (χ4v) is 4.53. The maximum atomic E-state index is 13.2. The summed E-state index contributed by atoms with van der Waals surface area (Å²) in [5, 5.41) is 0. The highest BCUT2D eigenvalue weighted by Gasteiger charge is 2.37. The number of halogens is 7. The van der Waals surface area contributed by atoms with Crippen LogP contribution in [0.3, 0.4) is 0 Å². The van der Waals surface area contributed by atoms with Gasteiger partial charge in [-0.05, 0) is 36.9 Å². The van der Waals surface area contributed by atoms with E-state index >= 15 is 0 Å². The maximum absolute atomic E-state index is 13.2. The second-order valence-corrected chi connectivity index (χ2v) is 10.1. The molecular weight excluding hydrogens is 608 g/mol. The van der Waals surface area contributed by atoms with E-state index in [0.717, 1.165) is 18.0 Å². The molecule has 2 heterocycles. The van der Waals surface area contributed by atoms with Crippen molar-refractivity contribution >= 4 is 28.0 Å². The first-order valence-electron chi connectivity index (χ1n) is 12.0. The largest absolute Gasteiger partial charge is 0.416 e. The summed E-state index contributed by atoms with van der Waals surface area (Å²) in [5.74, 6) is 0.400. The summed E-state index contributed by atoms with van der Waals surface area (Å²) in [6.45, 7) is 2.41. The Morgan fingerprint density at radius 1 is 1.00 bits per heavy atom. The van der Waals surface area contributed by atoms with Crippen LogP contribution >= 0.6 is 15.9 Å². The zero-order chi connectivity index (χ0) is 29.2. The summed E-state index contributed by atoms with van der Waals surface area (Å²) in [6.07, 6.45) is -9.70. The zero-order valence-corrected chi connectivity index (χ0v) is 22.9. The Morgan fingerprint density at radius 2 is 1.60 bits per heavy atom. The summed E-state index contributed by atoms with van der Waals surface area (Å²) in [4.78, 5) is 27.0. The monoisotopic (exact) mass is 631 g/mol. The first-order valence-corrected chi connectivity index (χ1v) is 12.8. The molecular formula is C26H24BrF6N5O2. The van der Waals surface area contributed by atoms with Gasteiger partial charge in [0.25, 0.3) is 0 Å². The van der Waals surface area contributed by atoms with Crippen LogP contribution in [-0.4, -0.2) is 66.1 Å². The van der Waals surface area contributed by atoms with Crippen LogP contribution in [0.15, 0.2) is 53.1 Å². The van der Waals surface area contributed by atoms with Crippen molar-refractivity contribution in [1.82, 2.24) is 19.8 Å². The molecule has 7 nitrogen and oxygen atoms in total. The molecule has 1 fully saturated rings. The molecule has 0 spiro atoms. The number of anilines is 1. The van der Waals surface area contributed by atoms with Crippen molar-refractivity contribution in [1.29, 1.82) is 0 Å². The van der Waals surface area contributed by atoms with E-state index in [1.807, 2.05) is 11.9 Å². The van der Waals surface area contributed by atoms with E-state index in [9.17, 15) is 31.1 Å². The van der Waals surface area contributed by atoms with E-state index in [1.54, 1.807) is 24.3 Å². The minimum Gasteiger partial charge on any atom is -0.406 e. The summed E-state index contributed by atoms with van der Waals surface area (Å²) in [7, 11) is 3.21. The molecule has 1 saturated heterocycles. The standard InChI is InChI=1S/C26H24BrF6N5O2/c1-36-7-9-38(10-8-36)23-34-14-21(22(35-23)19-5-3-4-6-20(19)27)40-24(39)37(2)15-16-11-17(25(28,29)30)13-18(12-16)26(31,32)33/h3-6,11-14H,7-10,15H2,1-2H3. The lowest BCUT2D eigenvalue weighted by molar-refractivity contribution is -0.143. The first-order chi connectivity index (χ1) is 18.7. The van der Waals surface area contributed by atoms with Crippen molar-refractivity contribution < 1.29 is 35.9 Å². The van der Waals surface area contributed by atoms with E-state index in [-0.39, 0.29) is 23.1 Å². The van der Waals surface area contributed by atoms with Crippen LogP contribution < -0.4 is 9.64 Å². The van der Waals surface area contributed by atoms with E-state index in [0.29, 0.717) is 41.2 Å². The number of alkyl halides is 6. The number of carbonyl (C=O) groups excluding carboxylic acids is 1. The molecule has 4 rings (SSSR count). The van der Waals surface area contributed by atoms with Crippen molar-refractivity contribution in [3.63, 3.8) is 0 Å². The molecule has 1 aliphatic heterocycles. The van der Waals surface area contributed by atoms with E-state index in [1.165, 1.54) is 13.2 Å². The predicted molar refractivity (Wildman–Crippen MR) is 139 cm³/mol. The third kappa shape index (κ3) is 7.02. The van der Waals surface area contributed by atoms with Gasteiger partial charge in [0.2, 0.25) is 5.95 Å². The lowest BCUT2D eigenvalue weighted by Crippen LogP contribution is -2.45. The molecule has 0 atom stereocenters. The Labute approximate surface area is 234 Å². The third-order valence-electron chi connectivity index (χ3n) is 6.23. The molecule has 214 valence electrons. The number of amides is 1. The molecule has 1 aliphatic rings. The van der Waals surface area contributed by atoms with E-state index in [4.69, 9.17) is 4.74 Å². The quantitative estimate of drug-likeness (QED) is 0.307. The van der Waals surface area contributed by atoms with Crippen LogP contribution in [0.1, 0.15) is 16.7 Å². The van der Waals surface area contributed by atoms with Gasteiger partial charge in [-0.25, -0.2) is 14.8 Å². The lowest BCUT2D eigenvalue weighted by Gasteiger charge is -2.32. The molecule has 0 saturated carbocycles. The molecule has 0 unspecified atom stereocenters. The molecule has 2 aromatic carbocycles. The highest BCUT2D eigenvalue weighted by Crippen LogP contribution is 2.37. The number of benzene rings is 2. The molecule has 0 bridgehead atoms. The molecule has 14 heteroatoms. The Hall–Kier alpha value is -3.39. The van der Waals surface area contributed by atoms with Crippen LogP contribution in [0.4, 0.5) is 37.1 Å². The lowest BCUT2D eigenvalue weighted by atomic mass is 10.0. The number of hydrogen-bond donors (Lipinski definition) is 0. The number of piperazine rings is 1. The van der Waals surface area contributed by atoms with Crippen LogP contribution in [0, 0.1) is 0 Å². The smallest absolute Gasteiger partial charge is 0.406 e. The number of aromatic nitrogens is 2. The first kappa shape index (κ1) is 29.6. The van der Waals surface area contributed by atoms with Gasteiger partial charge in [0.05, 0.1) is 17.3 Å². The maximum Gasteiger partial charge on any atom is 0.416 e. The summed E-state index contributed by atoms with van der Waals surface area (Å²) in [6, 6.07) is 8.25. The van der Waals surface area contributed by atoms with Gasteiger partial charge < -0.3 is 19.4 Å². The number of nitrogens with zero attached hydrogens (tertiary/aromatic N) is 5. The van der Waals surface area contributed by atoms with E-state index < -0.39 is 36.1 Å². The highest BCUT2D eigenvalue weighted by molar-refractivity contribution is 9.10. The van der Waals surface area contributed by atoms with Crippen LogP contribution in [0.2, 0.25) is 0 Å². The predicted octanol–water partition coefficient (Wildman–Crippen LogP) is 6.33. The minimum atomic E-state index is -5.00. The normalized spacial score (nSPS) is 14.8. The van der Waals surface area contributed by atoms with Gasteiger partial charge >= 0.3 is 18.4 Å². The molecule has 3 aromatic rings. The van der Waals surface area contributed by atoms with Crippen molar-refractivity contribution in [2.45, 2.75) is 18.9 Å². The minimum absolute atomic E-state index is 0.0262. The van der Waals surface area contributed by atoms with Gasteiger partial charge in [0.1, 0.15) is 5.69 Å². The Morgan fingerprint density at radius 3 is 2.17 bits per heavy atom. The number of rotatable bonds is 5. The summed E-state index contributed by atoms with van der Waals surface area (Å²) < 4.78 is 85.7.